The fourth-order valence-corrected chi connectivity index (χ4v) is 3.27. The molecule has 2 heterocycles. The molecule has 1 atom stereocenters. The summed E-state index contributed by atoms with van der Waals surface area (Å²) in [6.45, 7) is 3.25. The molecule has 9 heteroatoms. The summed E-state index contributed by atoms with van der Waals surface area (Å²) in [5.41, 5.74) is 0.745. The van der Waals surface area contributed by atoms with Crippen LogP contribution in [0.3, 0.4) is 0 Å². The molecule has 0 unspecified atom stereocenters. The second kappa shape index (κ2) is 8.48. The van der Waals surface area contributed by atoms with Gasteiger partial charge in [-0.1, -0.05) is 35.9 Å². The number of hydrogen-bond acceptors (Lipinski definition) is 6. The van der Waals surface area contributed by atoms with Crippen LogP contribution in [-0.2, 0) is 11.3 Å². The zero-order valence-electron chi connectivity index (χ0n) is 15.9. The normalized spacial score (nSPS) is 15.2. The Hall–Kier alpha value is -3.13. The average Bonchev–Trinajstić information content (AvgIpc) is 3.20. The number of fused-ring (bicyclic) bond motifs is 1. The summed E-state index contributed by atoms with van der Waals surface area (Å²) in [4.78, 5) is 15.7. The summed E-state index contributed by atoms with van der Waals surface area (Å²) in [7, 11) is 0. The molecule has 1 aliphatic heterocycles. The number of benzene rings is 2. The number of nitrogens with zero attached hydrogens (tertiary/aromatic N) is 5. The number of carbonyl (C=O) groups is 1. The van der Waals surface area contributed by atoms with Crippen molar-refractivity contribution in [1.29, 1.82) is 0 Å². The van der Waals surface area contributed by atoms with Crippen molar-refractivity contribution in [2.45, 2.75) is 19.6 Å². The fraction of sp³-hybridized carbons (Fsp3) is 0.300. The Morgan fingerprint density at radius 3 is 2.86 bits per heavy atom. The first-order valence-corrected chi connectivity index (χ1v) is 9.70. The van der Waals surface area contributed by atoms with Crippen molar-refractivity contribution < 1.29 is 14.3 Å². The Morgan fingerprint density at radius 1 is 1.24 bits per heavy atom. The molecule has 0 radical (unpaired) electrons. The molecule has 1 aliphatic rings. The molecule has 0 spiro atoms. The predicted molar refractivity (Wildman–Crippen MR) is 107 cm³/mol. The van der Waals surface area contributed by atoms with Crippen LogP contribution >= 0.6 is 11.6 Å². The summed E-state index contributed by atoms with van der Waals surface area (Å²) in [6, 6.07) is 14.7. The zero-order valence-corrected chi connectivity index (χ0v) is 16.6. The molecular formula is C20H20ClN5O3. The van der Waals surface area contributed by atoms with Gasteiger partial charge in [0.25, 0.3) is 0 Å². The van der Waals surface area contributed by atoms with E-state index in [4.69, 9.17) is 21.1 Å². The van der Waals surface area contributed by atoms with E-state index in [2.05, 4.69) is 15.4 Å². The number of tetrazole rings is 1. The molecule has 29 heavy (non-hydrogen) atoms. The molecule has 3 aromatic rings. The maximum absolute atomic E-state index is 12.7. The standard InChI is InChI=1S/C20H20ClN5O3/c1-2-25(11-16-13-28-17-8-3-4-9-18(17)29-16)19(27)12-26-23-20(22-24-26)14-6-5-7-15(21)10-14/h3-10,16H,2,11-13H2,1H3/t16-/m0/s1. The number of likely N-dealkylation sites (N-methyl/N-ethyl adjacent to an activating group) is 1. The Labute approximate surface area is 173 Å². The SMILES string of the molecule is CCN(C[C@H]1COc2ccccc2O1)C(=O)Cn1nnc(-c2cccc(Cl)c2)n1. The van der Waals surface area contributed by atoms with Crippen molar-refractivity contribution in [2.24, 2.45) is 0 Å². The zero-order chi connectivity index (χ0) is 20.2. The molecule has 0 saturated heterocycles. The van der Waals surface area contributed by atoms with E-state index in [0.717, 1.165) is 11.3 Å². The van der Waals surface area contributed by atoms with Gasteiger partial charge in [-0.2, -0.15) is 4.80 Å². The molecule has 1 amide bonds. The summed E-state index contributed by atoms with van der Waals surface area (Å²) < 4.78 is 11.7. The first-order chi connectivity index (χ1) is 14.1. The first kappa shape index (κ1) is 19.2. The Bertz CT molecular complexity index is 1010. The minimum absolute atomic E-state index is 0.00836. The van der Waals surface area contributed by atoms with E-state index >= 15 is 0 Å². The van der Waals surface area contributed by atoms with Crippen LogP contribution < -0.4 is 9.47 Å². The van der Waals surface area contributed by atoms with Crippen molar-refractivity contribution in [3.05, 3.63) is 53.6 Å². The van der Waals surface area contributed by atoms with Crippen LogP contribution in [0.15, 0.2) is 48.5 Å². The van der Waals surface area contributed by atoms with Crippen LogP contribution in [0, 0.1) is 0 Å². The second-order valence-corrected chi connectivity index (χ2v) is 7.02. The molecular weight excluding hydrogens is 394 g/mol. The number of rotatable bonds is 6. The third-order valence-electron chi connectivity index (χ3n) is 4.54. The molecule has 2 aromatic carbocycles. The largest absolute Gasteiger partial charge is 0.486 e. The number of hydrogen-bond donors (Lipinski definition) is 0. The van der Waals surface area contributed by atoms with E-state index < -0.39 is 0 Å². The monoisotopic (exact) mass is 413 g/mol. The van der Waals surface area contributed by atoms with Gasteiger partial charge >= 0.3 is 0 Å². The Kier molecular flexibility index (Phi) is 5.62. The molecule has 4 rings (SSSR count). The summed E-state index contributed by atoms with van der Waals surface area (Å²) >= 11 is 6.00. The predicted octanol–water partition coefficient (Wildman–Crippen LogP) is 2.68. The van der Waals surface area contributed by atoms with Gasteiger partial charge in [0.05, 0.1) is 6.54 Å². The Morgan fingerprint density at radius 2 is 2.07 bits per heavy atom. The van der Waals surface area contributed by atoms with Crippen LogP contribution in [-0.4, -0.2) is 56.8 Å². The van der Waals surface area contributed by atoms with Gasteiger partial charge in [0.2, 0.25) is 11.7 Å². The molecule has 1 aromatic heterocycles. The highest BCUT2D eigenvalue weighted by molar-refractivity contribution is 6.30. The van der Waals surface area contributed by atoms with Crippen LogP contribution in [0.1, 0.15) is 6.92 Å². The molecule has 0 fully saturated rings. The van der Waals surface area contributed by atoms with Crippen molar-refractivity contribution >= 4 is 17.5 Å². The van der Waals surface area contributed by atoms with Crippen molar-refractivity contribution in [2.75, 3.05) is 19.7 Å². The van der Waals surface area contributed by atoms with E-state index in [0.29, 0.717) is 36.3 Å². The lowest BCUT2D eigenvalue weighted by Crippen LogP contribution is -2.44. The third-order valence-corrected chi connectivity index (χ3v) is 4.77. The Balaban J connectivity index is 1.38. The number of carbonyl (C=O) groups excluding carboxylic acids is 1. The van der Waals surface area contributed by atoms with Gasteiger partial charge in [0.1, 0.15) is 13.2 Å². The highest BCUT2D eigenvalue weighted by Gasteiger charge is 2.25. The van der Waals surface area contributed by atoms with E-state index in [9.17, 15) is 4.79 Å². The number of amides is 1. The quantitative estimate of drug-likeness (QED) is 0.618. The van der Waals surface area contributed by atoms with Crippen LogP contribution in [0.4, 0.5) is 0 Å². The van der Waals surface area contributed by atoms with Gasteiger partial charge in [-0.15, -0.1) is 10.2 Å². The van der Waals surface area contributed by atoms with Gasteiger partial charge in [0, 0.05) is 17.1 Å². The summed E-state index contributed by atoms with van der Waals surface area (Å²) in [5, 5.41) is 12.9. The van der Waals surface area contributed by atoms with E-state index in [1.54, 1.807) is 17.0 Å². The molecule has 150 valence electrons. The number of ether oxygens (including phenoxy) is 2. The molecule has 0 bridgehead atoms. The lowest BCUT2D eigenvalue weighted by molar-refractivity contribution is -0.133. The fourth-order valence-electron chi connectivity index (χ4n) is 3.08. The van der Waals surface area contributed by atoms with Crippen LogP contribution in [0.25, 0.3) is 11.4 Å². The van der Waals surface area contributed by atoms with Gasteiger partial charge < -0.3 is 14.4 Å². The highest BCUT2D eigenvalue weighted by Crippen LogP contribution is 2.31. The van der Waals surface area contributed by atoms with E-state index in [1.807, 2.05) is 43.3 Å². The third kappa shape index (κ3) is 4.48. The lowest BCUT2D eigenvalue weighted by atomic mass is 10.2. The van der Waals surface area contributed by atoms with Gasteiger partial charge in [-0.25, -0.2) is 0 Å². The smallest absolute Gasteiger partial charge is 0.246 e. The number of para-hydroxylation sites is 2. The lowest BCUT2D eigenvalue weighted by Gasteiger charge is -2.30. The molecule has 0 saturated carbocycles. The first-order valence-electron chi connectivity index (χ1n) is 9.32. The molecule has 0 N–H and O–H groups in total. The number of halogens is 1. The minimum Gasteiger partial charge on any atom is -0.486 e. The van der Waals surface area contributed by atoms with E-state index in [-0.39, 0.29) is 18.6 Å². The van der Waals surface area contributed by atoms with Gasteiger partial charge in [0.15, 0.2) is 17.6 Å². The van der Waals surface area contributed by atoms with Gasteiger partial charge in [-0.05, 0) is 36.4 Å². The van der Waals surface area contributed by atoms with Gasteiger partial charge in [-0.3, -0.25) is 4.79 Å². The highest BCUT2D eigenvalue weighted by atomic mass is 35.5. The van der Waals surface area contributed by atoms with Crippen molar-refractivity contribution in [3.8, 4) is 22.9 Å². The summed E-state index contributed by atoms with van der Waals surface area (Å²) in [6.07, 6.45) is -0.237. The van der Waals surface area contributed by atoms with E-state index in [1.165, 1.54) is 4.80 Å². The second-order valence-electron chi connectivity index (χ2n) is 6.58. The average molecular weight is 414 g/mol. The topological polar surface area (TPSA) is 82.4 Å². The van der Waals surface area contributed by atoms with Crippen LogP contribution in [0.5, 0.6) is 11.5 Å². The molecule has 8 nitrogen and oxygen atoms in total. The number of aromatic nitrogens is 4. The maximum Gasteiger partial charge on any atom is 0.246 e. The van der Waals surface area contributed by atoms with Crippen molar-refractivity contribution in [3.63, 3.8) is 0 Å². The maximum atomic E-state index is 12.7. The van der Waals surface area contributed by atoms with Crippen molar-refractivity contribution in [1.82, 2.24) is 25.1 Å². The summed E-state index contributed by atoms with van der Waals surface area (Å²) in [5.74, 6) is 1.71. The minimum atomic E-state index is -0.237. The molecule has 0 aliphatic carbocycles. The van der Waals surface area contributed by atoms with Crippen LogP contribution in [0.2, 0.25) is 5.02 Å².